The molecule has 0 amide bonds. The van der Waals surface area contributed by atoms with Crippen molar-refractivity contribution < 1.29 is 4.74 Å². The van der Waals surface area contributed by atoms with Crippen LogP contribution >= 0.6 is 0 Å². The van der Waals surface area contributed by atoms with Gasteiger partial charge in [-0.15, -0.1) is 10.2 Å². The largest absolute Gasteiger partial charge is 0.493 e. The highest BCUT2D eigenvalue weighted by Crippen LogP contribution is 2.35. The zero-order valence-corrected chi connectivity index (χ0v) is 16.7. The van der Waals surface area contributed by atoms with Crippen LogP contribution in [0.25, 0.3) is 0 Å². The second-order valence-electron chi connectivity index (χ2n) is 7.06. The minimum absolute atomic E-state index is 0.197. The SMILES string of the molecule is CCCCNC(=NCc1nnc(C)n1C)NC(C)C1COc2ccccc21. The molecule has 0 radical (unpaired) electrons. The Hall–Kier alpha value is -2.57. The summed E-state index contributed by atoms with van der Waals surface area (Å²) < 4.78 is 7.81. The molecular weight excluding hydrogens is 340 g/mol. The first-order valence-electron chi connectivity index (χ1n) is 9.71. The van der Waals surface area contributed by atoms with Crippen LogP contribution in [0.15, 0.2) is 29.3 Å². The van der Waals surface area contributed by atoms with E-state index in [2.05, 4.69) is 46.8 Å². The molecule has 1 aliphatic rings. The fourth-order valence-corrected chi connectivity index (χ4v) is 3.19. The average Bonchev–Trinajstić information content (AvgIpc) is 3.24. The first kappa shape index (κ1) is 19.2. The minimum Gasteiger partial charge on any atom is -0.493 e. The third-order valence-electron chi connectivity index (χ3n) is 5.09. The van der Waals surface area contributed by atoms with Crippen molar-refractivity contribution in [1.82, 2.24) is 25.4 Å². The Balaban J connectivity index is 1.69. The number of guanidine groups is 1. The molecule has 7 nitrogen and oxygen atoms in total. The molecule has 2 unspecified atom stereocenters. The van der Waals surface area contributed by atoms with Crippen LogP contribution in [0.4, 0.5) is 0 Å². The van der Waals surface area contributed by atoms with E-state index in [4.69, 9.17) is 9.73 Å². The number of nitrogens with zero attached hydrogens (tertiary/aromatic N) is 4. The van der Waals surface area contributed by atoms with Gasteiger partial charge in [0.2, 0.25) is 0 Å². The third-order valence-corrected chi connectivity index (χ3v) is 5.09. The standard InChI is InChI=1S/C20H30N6O/c1-5-6-11-21-20(22-12-19-25-24-15(3)26(19)4)23-14(2)17-13-27-18-10-8-7-9-16(17)18/h7-10,14,17H,5-6,11-13H2,1-4H3,(H2,21,22,23). The van der Waals surface area contributed by atoms with Crippen molar-refractivity contribution in [2.24, 2.45) is 12.0 Å². The van der Waals surface area contributed by atoms with Crippen LogP contribution in [0.5, 0.6) is 5.75 Å². The second kappa shape index (κ2) is 8.88. The number of aromatic nitrogens is 3. The predicted octanol–water partition coefficient (Wildman–Crippen LogP) is 2.52. The van der Waals surface area contributed by atoms with Gasteiger partial charge < -0.3 is 19.9 Å². The van der Waals surface area contributed by atoms with Crippen molar-refractivity contribution in [2.45, 2.75) is 52.1 Å². The van der Waals surface area contributed by atoms with Gasteiger partial charge in [0.15, 0.2) is 11.8 Å². The monoisotopic (exact) mass is 370 g/mol. The van der Waals surface area contributed by atoms with Gasteiger partial charge in [0.25, 0.3) is 0 Å². The lowest BCUT2D eigenvalue weighted by Gasteiger charge is -2.23. The van der Waals surface area contributed by atoms with Gasteiger partial charge in [-0.1, -0.05) is 31.5 Å². The summed E-state index contributed by atoms with van der Waals surface area (Å²) in [7, 11) is 1.97. The Morgan fingerprint density at radius 1 is 1.37 bits per heavy atom. The Bertz CT molecular complexity index is 785. The number of aliphatic imine (C=N–C) groups is 1. The molecule has 3 rings (SSSR count). The summed E-state index contributed by atoms with van der Waals surface area (Å²) in [5.41, 5.74) is 1.26. The summed E-state index contributed by atoms with van der Waals surface area (Å²) in [6.07, 6.45) is 2.25. The normalized spacial score (nSPS) is 17.3. The van der Waals surface area contributed by atoms with E-state index in [-0.39, 0.29) is 6.04 Å². The maximum Gasteiger partial charge on any atom is 0.191 e. The first-order chi connectivity index (χ1) is 13.1. The van der Waals surface area contributed by atoms with Crippen LogP contribution in [-0.4, -0.2) is 39.9 Å². The minimum atomic E-state index is 0.197. The zero-order valence-electron chi connectivity index (χ0n) is 16.7. The van der Waals surface area contributed by atoms with Crippen LogP contribution in [-0.2, 0) is 13.6 Å². The number of aryl methyl sites for hydroxylation is 1. The summed E-state index contributed by atoms with van der Waals surface area (Å²) in [6.45, 7) is 8.38. The Labute approximate surface area is 161 Å². The van der Waals surface area contributed by atoms with Crippen molar-refractivity contribution in [3.05, 3.63) is 41.5 Å². The molecule has 0 bridgehead atoms. The summed E-state index contributed by atoms with van der Waals surface area (Å²) >= 11 is 0. The lowest BCUT2D eigenvalue weighted by atomic mass is 9.94. The molecule has 7 heteroatoms. The van der Waals surface area contributed by atoms with Crippen molar-refractivity contribution in [1.29, 1.82) is 0 Å². The van der Waals surface area contributed by atoms with E-state index in [0.29, 0.717) is 19.1 Å². The van der Waals surface area contributed by atoms with Gasteiger partial charge >= 0.3 is 0 Å². The van der Waals surface area contributed by atoms with Gasteiger partial charge in [-0.25, -0.2) is 4.99 Å². The fourth-order valence-electron chi connectivity index (χ4n) is 3.19. The van der Waals surface area contributed by atoms with Crippen LogP contribution in [0.1, 0.15) is 49.8 Å². The zero-order chi connectivity index (χ0) is 19.2. The van der Waals surface area contributed by atoms with Gasteiger partial charge in [-0.05, 0) is 26.3 Å². The number of hydrogen-bond acceptors (Lipinski definition) is 4. The van der Waals surface area contributed by atoms with Crippen molar-refractivity contribution in [2.75, 3.05) is 13.2 Å². The molecule has 2 atom stereocenters. The number of para-hydroxylation sites is 1. The number of fused-ring (bicyclic) bond motifs is 1. The van der Waals surface area contributed by atoms with Gasteiger partial charge in [-0.2, -0.15) is 0 Å². The highest BCUT2D eigenvalue weighted by atomic mass is 16.5. The summed E-state index contributed by atoms with van der Waals surface area (Å²) in [5.74, 6) is 3.84. The van der Waals surface area contributed by atoms with E-state index in [1.165, 1.54) is 5.56 Å². The molecular formula is C20H30N6O. The van der Waals surface area contributed by atoms with Crippen molar-refractivity contribution >= 4 is 5.96 Å². The highest BCUT2D eigenvalue weighted by molar-refractivity contribution is 5.80. The Morgan fingerprint density at radius 2 is 2.19 bits per heavy atom. The van der Waals surface area contributed by atoms with E-state index < -0.39 is 0 Å². The molecule has 2 heterocycles. The smallest absolute Gasteiger partial charge is 0.191 e. The van der Waals surface area contributed by atoms with Crippen LogP contribution in [0.2, 0.25) is 0 Å². The molecule has 2 aromatic rings. The number of ether oxygens (including phenoxy) is 1. The number of rotatable bonds is 7. The lowest BCUT2D eigenvalue weighted by Crippen LogP contribution is -2.45. The van der Waals surface area contributed by atoms with E-state index in [0.717, 1.165) is 42.7 Å². The topological polar surface area (TPSA) is 76.4 Å². The third kappa shape index (κ3) is 4.59. The maximum atomic E-state index is 5.84. The molecule has 0 fully saturated rings. The molecule has 27 heavy (non-hydrogen) atoms. The Morgan fingerprint density at radius 3 is 2.93 bits per heavy atom. The quantitative estimate of drug-likeness (QED) is 0.445. The molecule has 0 saturated heterocycles. The average molecular weight is 371 g/mol. The van der Waals surface area contributed by atoms with E-state index in [1.807, 2.05) is 30.7 Å². The van der Waals surface area contributed by atoms with Gasteiger partial charge in [0.05, 0.1) is 6.61 Å². The van der Waals surface area contributed by atoms with Crippen LogP contribution in [0, 0.1) is 6.92 Å². The van der Waals surface area contributed by atoms with Gasteiger partial charge in [0.1, 0.15) is 18.1 Å². The maximum absolute atomic E-state index is 5.84. The van der Waals surface area contributed by atoms with E-state index >= 15 is 0 Å². The molecule has 146 valence electrons. The van der Waals surface area contributed by atoms with Crippen LogP contribution in [0.3, 0.4) is 0 Å². The molecule has 1 aromatic heterocycles. The molecule has 1 aliphatic heterocycles. The first-order valence-corrected chi connectivity index (χ1v) is 9.71. The van der Waals surface area contributed by atoms with Gasteiger partial charge in [-0.3, -0.25) is 0 Å². The molecule has 0 saturated carbocycles. The summed E-state index contributed by atoms with van der Waals surface area (Å²) in [4.78, 5) is 4.74. The number of benzene rings is 1. The van der Waals surface area contributed by atoms with Crippen molar-refractivity contribution in [3.63, 3.8) is 0 Å². The highest BCUT2D eigenvalue weighted by Gasteiger charge is 2.29. The molecule has 2 N–H and O–H groups in total. The predicted molar refractivity (Wildman–Crippen MR) is 107 cm³/mol. The summed E-state index contributed by atoms with van der Waals surface area (Å²) in [5, 5.41) is 15.3. The summed E-state index contributed by atoms with van der Waals surface area (Å²) in [6, 6.07) is 8.46. The van der Waals surface area contributed by atoms with E-state index in [1.54, 1.807) is 0 Å². The molecule has 0 spiro atoms. The number of unbranched alkanes of at least 4 members (excludes halogenated alkanes) is 1. The number of hydrogen-bond donors (Lipinski definition) is 2. The lowest BCUT2D eigenvalue weighted by molar-refractivity contribution is 0.312. The van der Waals surface area contributed by atoms with Crippen molar-refractivity contribution in [3.8, 4) is 5.75 Å². The molecule has 1 aromatic carbocycles. The Kier molecular flexibility index (Phi) is 6.32. The van der Waals surface area contributed by atoms with Crippen LogP contribution < -0.4 is 15.4 Å². The fraction of sp³-hybridized carbons (Fsp3) is 0.550. The number of nitrogens with one attached hydrogen (secondary N) is 2. The van der Waals surface area contributed by atoms with E-state index in [9.17, 15) is 0 Å². The second-order valence-corrected chi connectivity index (χ2v) is 7.06. The van der Waals surface area contributed by atoms with Gasteiger partial charge in [0, 0.05) is 31.1 Å². The molecule has 0 aliphatic carbocycles.